The second-order valence-corrected chi connectivity index (χ2v) is 6.63. The third-order valence-corrected chi connectivity index (χ3v) is 4.67. The molecular weight excluding hydrogens is 288 g/mol. The third kappa shape index (κ3) is 3.93. The number of hydrogen-bond donors (Lipinski definition) is 2. The summed E-state index contributed by atoms with van der Waals surface area (Å²) in [6, 6.07) is -0.247. The first-order chi connectivity index (χ1) is 10.0. The molecule has 116 valence electrons. The van der Waals surface area contributed by atoms with Crippen molar-refractivity contribution >= 4 is 23.3 Å². The van der Waals surface area contributed by atoms with Crippen LogP contribution in [-0.4, -0.2) is 42.5 Å². The zero-order chi connectivity index (χ0) is 15.3. The molecule has 0 radical (unpaired) electrons. The van der Waals surface area contributed by atoms with E-state index in [9.17, 15) is 9.59 Å². The number of thiazole rings is 1. The van der Waals surface area contributed by atoms with Crippen molar-refractivity contribution in [1.82, 2.24) is 20.5 Å². The molecular formula is C14H22N4O2S. The Hall–Kier alpha value is -1.63. The van der Waals surface area contributed by atoms with E-state index in [4.69, 9.17) is 0 Å². The smallest absolute Gasteiger partial charge is 0.315 e. The Labute approximate surface area is 128 Å². The van der Waals surface area contributed by atoms with Crippen molar-refractivity contribution in [1.29, 1.82) is 0 Å². The van der Waals surface area contributed by atoms with Crippen LogP contribution in [0.4, 0.5) is 4.79 Å². The zero-order valence-corrected chi connectivity index (χ0v) is 13.3. The van der Waals surface area contributed by atoms with E-state index in [0.29, 0.717) is 13.1 Å². The maximum absolute atomic E-state index is 12.4. The van der Waals surface area contributed by atoms with E-state index in [1.807, 2.05) is 5.38 Å². The highest BCUT2D eigenvalue weighted by Crippen LogP contribution is 2.38. The zero-order valence-electron chi connectivity index (χ0n) is 12.5. The van der Waals surface area contributed by atoms with Crippen molar-refractivity contribution in [3.05, 3.63) is 16.6 Å². The van der Waals surface area contributed by atoms with Crippen LogP contribution in [-0.2, 0) is 11.3 Å². The summed E-state index contributed by atoms with van der Waals surface area (Å²) in [7, 11) is 3.54. The number of carbonyl (C=O) groups excluding carboxylic acids is 2. The van der Waals surface area contributed by atoms with E-state index in [-0.39, 0.29) is 11.9 Å². The maximum atomic E-state index is 12.4. The maximum Gasteiger partial charge on any atom is 0.315 e. The summed E-state index contributed by atoms with van der Waals surface area (Å²) in [5.41, 5.74) is -0.429. The largest absolute Gasteiger partial charge is 0.348 e. The molecule has 0 atom stereocenters. The van der Waals surface area contributed by atoms with Crippen molar-refractivity contribution in [3.8, 4) is 0 Å². The summed E-state index contributed by atoms with van der Waals surface area (Å²) >= 11 is 1.50. The number of nitrogens with one attached hydrogen (secondary N) is 2. The summed E-state index contributed by atoms with van der Waals surface area (Å²) in [5.74, 6) is 0.111. The van der Waals surface area contributed by atoms with Gasteiger partial charge >= 0.3 is 6.03 Å². The predicted octanol–water partition coefficient (Wildman–Crippen LogP) is 1.59. The first-order valence-electron chi connectivity index (χ1n) is 7.15. The number of amides is 3. The molecule has 0 spiro atoms. The Balaban J connectivity index is 1.84. The lowest BCUT2D eigenvalue weighted by Gasteiger charge is -2.30. The van der Waals surface area contributed by atoms with Crippen LogP contribution in [0.1, 0.15) is 30.7 Å². The molecule has 21 heavy (non-hydrogen) atoms. The number of hydrogen-bond acceptors (Lipinski definition) is 4. The van der Waals surface area contributed by atoms with E-state index in [1.165, 1.54) is 11.3 Å². The fraction of sp³-hybridized carbons (Fsp3) is 0.643. The molecule has 1 aromatic rings. The van der Waals surface area contributed by atoms with E-state index >= 15 is 0 Å². The molecule has 3 amide bonds. The van der Waals surface area contributed by atoms with Crippen molar-refractivity contribution in [2.24, 2.45) is 5.41 Å². The van der Waals surface area contributed by atoms with Crippen LogP contribution in [0.3, 0.4) is 0 Å². The number of nitrogens with zero attached hydrogens (tertiary/aromatic N) is 2. The van der Waals surface area contributed by atoms with Gasteiger partial charge in [0.25, 0.3) is 0 Å². The standard InChI is InChI=1S/C14H22N4O2S/c1-18(2)12(19)14(5-3-4-6-14)10-17-13(20)16-9-11-15-7-8-21-11/h7-8H,3-6,9-10H2,1-2H3,(H2,16,17,20). The monoisotopic (exact) mass is 310 g/mol. The highest BCUT2D eigenvalue weighted by Gasteiger charge is 2.42. The molecule has 1 aromatic heterocycles. The summed E-state index contributed by atoms with van der Waals surface area (Å²) in [4.78, 5) is 30.0. The van der Waals surface area contributed by atoms with E-state index in [2.05, 4.69) is 15.6 Å². The van der Waals surface area contributed by atoms with Crippen molar-refractivity contribution in [2.45, 2.75) is 32.2 Å². The van der Waals surface area contributed by atoms with Gasteiger partial charge in [-0.3, -0.25) is 4.79 Å². The summed E-state index contributed by atoms with van der Waals surface area (Å²) in [5, 5.41) is 8.35. The molecule has 7 heteroatoms. The topological polar surface area (TPSA) is 74.3 Å². The van der Waals surface area contributed by atoms with Gasteiger partial charge in [0.1, 0.15) is 5.01 Å². The second-order valence-electron chi connectivity index (χ2n) is 5.65. The number of rotatable bonds is 5. The van der Waals surface area contributed by atoms with Crippen LogP contribution >= 0.6 is 11.3 Å². The lowest BCUT2D eigenvalue weighted by Crippen LogP contribution is -2.48. The van der Waals surface area contributed by atoms with E-state index < -0.39 is 5.41 Å². The van der Waals surface area contributed by atoms with Crippen molar-refractivity contribution < 1.29 is 9.59 Å². The molecule has 0 aromatic carbocycles. The van der Waals surface area contributed by atoms with Gasteiger partial charge in [0.15, 0.2) is 0 Å². The minimum atomic E-state index is -0.429. The quantitative estimate of drug-likeness (QED) is 0.867. The Kier molecular flexibility index (Phi) is 5.17. The molecule has 1 aliphatic rings. The van der Waals surface area contributed by atoms with Gasteiger partial charge in [0, 0.05) is 32.2 Å². The molecule has 0 saturated heterocycles. The molecule has 0 bridgehead atoms. The van der Waals surface area contributed by atoms with Gasteiger partial charge in [-0.15, -0.1) is 11.3 Å². The van der Waals surface area contributed by atoms with Crippen LogP contribution in [0.25, 0.3) is 0 Å². The summed E-state index contributed by atoms with van der Waals surface area (Å²) in [6.45, 7) is 0.811. The average Bonchev–Trinajstić information content (AvgIpc) is 3.14. The lowest BCUT2D eigenvalue weighted by atomic mass is 9.84. The van der Waals surface area contributed by atoms with Gasteiger partial charge in [0.2, 0.25) is 5.91 Å². The Morgan fingerprint density at radius 3 is 2.62 bits per heavy atom. The van der Waals surface area contributed by atoms with Crippen LogP contribution in [0.5, 0.6) is 0 Å². The molecule has 0 aliphatic heterocycles. The molecule has 0 unspecified atom stereocenters. The third-order valence-electron chi connectivity index (χ3n) is 3.89. The van der Waals surface area contributed by atoms with E-state index in [1.54, 1.807) is 25.2 Å². The number of urea groups is 1. The molecule has 2 N–H and O–H groups in total. The molecule has 1 aliphatic carbocycles. The van der Waals surface area contributed by atoms with Gasteiger partial charge in [-0.25, -0.2) is 9.78 Å². The van der Waals surface area contributed by atoms with E-state index in [0.717, 1.165) is 30.7 Å². The van der Waals surface area contributed by atoms with Gasteiger partial charge in [-0.2, -0.15) is 0 Å². The van der Waals surface area contributed by atoms with Gasteiger partial charge in [-0.05, 0) is 12.8 Å². The van der Waals surface area contributed by atoms with Crippen LogP contribution in [0.2, 0.25) is 0 Å². The molecule has 1 heterocycles. The first-order valence-corrected chi connectivity index (χ1v) is 8.03. The van der Waals surface area contributed by atoms with Crippen LogP contribution < -0.4 is 10.6 Å². The molecule has 2 rings (SSSR count). The second kappa shape index (κ2) is 6.89. The lowest BCUT2D eigenvalue weighted by molar-refractivity contribution is -0.138. The SMILES string of the molecule is CN(C)C(=O)C1(CNC(=O)NCc2nccs2)CCCC1. The Morgan fingerprint density at radius 2 is 2.05 bits per heavy atom. The normalized spacial score (nSPS) is 16.5. The minimum absolute atomic E-state index is 0.111. The highest BCUT2D eigenvalue weighted by atomic mass is 32.1. The van der Waals surface area contributed by atoms with Crippen molar-refractivity contribution in [3.63, 3.8) is 0 Å². The fourth-order valence-corrected chi connectivity index (χ4v) is 3.36. The van der Waals surface area contributed by atoms with Gasteiger partial charge in [0.05, 0.1) is 12.0 Å². The van der Waals surface area contributed by atoms with Gasteiger partial charge in [-0.1, -0.05) is 12.8 Å². The Morgan fingerprint density at radius 1 is 1.33 bits per heavy atom. The fourth-order valence-electron chi connectivity index (χ4n) is 2.80. The first kappa shape index (κ1) is 15.8. The average molecular weight is 310 g/mol. The number of carbonyl (C=O) groups is 2. The molecule has 6 nitrogen and oxygen atoms in total. The summed E-state index contributed by atoms with van der Waals surface area (Å²) < 4.78 is 0. The van der Waals surface area contributed by atoms with Crippen LogP contribution in [0, 0.1) is 5.41 Å². The van der Waals surface area contributed by atoms with Crippen LogP contribution in [0.15, 0.2) is 11.6 Å². The highest BCUT2D eigenvalue weighted by molar-refractivity contribution is 7.09. The predicted molar refractivity (Wildman–Crippen MR) is 81.9 cm³/mol. The number of aromatic nitrogens is 1. The summed E-state index contributed by atoms with van der Waals surface area (Å²) in [6.07, 6.45) is 5.49. The minimum Gasteiger partial charge on any atom is -0.348 e. The molecule has 1 fully saturated rings. The van der Waals surface area contributed by atoms with Crippen molar-refractivity contribution in [2.75, 3.05) is 20.6 Å². The molecule has 1 saturated carbocycles. The van der Waals surface area contributed by atoms with Gasteiger partial charge < -0.3 is 15.5 Å². The Bertz CT molecular complexity index is 481.